The van der Waals surface area contributed by atoms with Crippen LogP contribution in [0.1, 0.15) is 33.3 Å². The van der Waals surface area contributed by atoms with Gasteiger partial charge in [0.2, 0.25) is 5.91 Å². The molecule has 2 aromatic heterocycles. The van der Waals surface area contributed by atoms with E-state index in [9.17, 15) is 14.4 Å². The van der Waals surface area contributed by atoms with Gasteiger partial charge in [-0.05, 0) is 42.8 Å². The van der Waals surface area contributed by atoms with Crippen molar-refractivity contribution in [3.8, 4) is 5.82 Å². The summed E-state index contributed by atoms with van der Waals surface area (Å²) in [5.41, 5.74) is 5.17. The summed E-state index contributed by atoms with van der Waals surface area (Å²) in [6.45, 7) is 2.89. The number of carbonyl (C=O) groups excluding carboxylic acids is 3. The lowest BCUT2D eigenvalue weighted by molar-refractivity contribution is -0.119. The average Bonchev–Trinajstić information content (AvgIpc) is 3.03. The van der Waals surface area contributed by atoms with Crippen LogP contribution in [-0.2, 0) is 4.79 Å². The van der Waals surface area contributed by atoms with E-state index in [2.05, 4.69) is 21.2 Å². The second-order valence-electron chi connectivity index (χ2n) is 6.55. The highest BCUT2D eigenvalue weighted by atomic mass is 35.5. The summed E-state index contributed by atoms with van der Waals surface area (Å²) in [6.07, 6.45) is 1.49. The summed E-state index contributed by atoms with van der Waals surface area (Å²) >= 11 is 24.8. The number of rotatable bonds is 4. The molecule has 0 aliphatic carbocycles. The predicted molar refractivity (Wildman–Crippen MR) is 124 cm³/mol. The van der Waals surface area contributed by atoms with E-state index in [1.165, 1.54) is 29.8 Å². The van der Waals surface area contributed by atoms with E-state index < -0.39 is 17.7 Å². The average molecular weight is 515 g/mol. The highest BCUT2D eigenvalue weighted by Crippen LogP contribution is 2.33. The Labute approximate surface area is 202 Å². The number of carbonyl (C=O) groups is 3. The summed E-state index contributed by atoms with van der Waals surface area (Å²) < 4.78 is 1.30. The van der Waals surface area contributed by atoms with Crippen LogP contribution < -0.4 is 16.2 Å². The molecule has 3 amide bonds. The second kappa shape index (κ2) is 9.79. The van der Waals surface area contributed by atoms with Crippen molar-refractivity contribution in [2.24, 2.45) is 0 Å². The number of anilines is 1. The molecule has 0 aliphatic rings. The van der Waals surface area contributed by atoms with Gasteiger partial charge in [-0.2, -0.15) is 0 Å². The van der Waals surface area contributed by atoms with Gasteiger partial charge in [0, 0.05) is 18.1 Å². The van der Waals surface area contributed by atoms with E-state index >= 15 is 0 Å². The molecule has 12 heteroatoms. The first-order valence-corrected chi connectivity index (χ1v) is 10.5. The van der Waals surface area contributed by atoms with Crippen molar-refractivity contribution in [2.45, 2.75) is 13.8 Å². The predicted octanol–water partition coefficient (Wildman–Crippen LogP) is 4.83. The molecule has 0 bridgehead atoms. The molecule has 0 fully saturated rings. The van der Waals surface area contributed by atoms with E-state index in [-0.39, 0.29) is 43.0 Å². The zero-order valence-electron chi connectivity index (χ0n) is 16.6. The van der Waals surface area contributed by atoms with Crippen molar-refractivity contribution in [1.29, 1.82) is 0 Å². The Hall–Kier alpha value is -2.78. The van der Waals surface area contributed by atoms with Crippen LogP contribution in [0.15, 0.2) is 36.5 Å². The molecule has 0 radical (unpaired) electrons. The minimum Gasteiger partial charge on any atom is -0.320 e. The van der Waals surface area contributed by atoms with Crippen molar-refractivity contribution in [2.75, 3.05) is 5.32 Å². The first kappa shape index (κ1) is 23.9. The third-order valence-electron chi connectivity index (χ3n) is 4.22. The van der Waals surface area contributed by atoms with Gasteiger partial charge in [0.15, 0.2) is 5.82 Å². The number of benzene rings is 1. The van der Waals surface area contributed by atoms with E-state index in [0.717, 1.165) is 0 Å². The molecular formula is C20H15Cl4N5O3. The lowest BCUT2D eigenvalue weighted by atomic mass is 10.1. The highest BCUT2D eigenvalue weighted by Gasteiger charge is 2.24. The Bertz CT molecular complexity index is 1240. The first-order chi connectivity index (χ1) is 15.1. The molecule has 32 heavy (non-hydrogen) atoms. The number of hydrogen-bond donors (Lipinski definition) is 3. The molecule has 0 unspecified atom stereocenters. The van der Waals surface area contributed by atoms with Crippen molar-refractivity contribution in [3.05, 3.63) is 73.6 Å². The molecule has 3 rings (SSSR count). The Morgan fingerprint density at radius 3 is 2.34 bits per heavy atom. The van der Waals surface area contributed by atoms with Gasteiger partial charge >= 0.3 is 0 Å². The lowest BCUT2D eigenvalue weighted by Gasteiger charge is -2.16. The van der Waals surface area contributed by atoms with Crippen LogP contribution in [-0.4, -0.2) is 27.3 Å². The summed E-state index contributed by atoms with van der Waals surface area (Å²) in [6, 6.07) is 7.49. The number of nitrogens with zero attached hydrogens (tertiary/aromatic N) is 2. The fourth-order valence-electron chi connectivity index (χ4n) is 2.85. The molecule has 0 saturated heterocycles. The fraction of sp³-hybridized carbons (Fsp3) is 0.100. The topological polar surface area (TPSA) is 105 Å². The smallest absolute Gasteiger partial charge is 0.272 e. The van der Waals surface area contributed by atoms with Crippen LogP contribution in [0.25, 0.3) is 5.82 Å². The zero-order chi connectivity index (χ0) is 23.6. The number of amides is 3. The van der Waals surface area contributed by atoms with Crippen molar-refractivity contribution in [1.82, 2.24) is 20.4 Å². The van der Waals surface area contributed by atoms with Crippen LogP contribution in [0.3, 0.4) is 0 Å². The molecule has 2 heterocycles. The van der Waals surface area contributed by atoms with Crippen LogP contribution >= 0.6 is 46.4 Å². The molecule has 3 N–H and O–H groups in total. The fourth-order valence-corrected chi connectivity index (χ4v) is 3.74. The van der Waals surface area contributed by atoms with Crippen LogP contribution in [0.5, 0.6) is 0 Å². The molecule has 3 aromatic rings. The molecular weight excluding hydrogens is 500 g/mol. The summed E-state index contributed by atoms with van der Waals surface area (Å²) in [5.74, 6) is -1.59. The number of hydrogen-bond acceptors (Lipinski definition) is 4. The number of nitrogens with one attached hydrogen (secondary N) is 3. The highest BCUT2D eigenvalue weighted by molar-refractivity contribution is 6.42. The molecule has 0 saturated carbocycles. The van der Waals surface area contributed by atoms with Gasteiger partial charge in [-0.15, -0.1) is 0 Å². The van der Waals surface area contributed by atoms with Crippen molar-refractivity contribution >= 4 is 69.8 Å². The molecule has 1 aromatic carbocycles. The molecule has 0 atom stereocenters. The maximum atomic E-state index is 13.2. The third kappa shape index (κ3) is 4.99. The first-order valence-electron chi connectivity index (χ1n) is 8.96. The van der Waals surface area contributed by atoms with Gasteiger partial charge in [-0.1, -0.05) is 46.4 Å². The Kier molecular flexibility index (Phi) is 7.30. The van der Waals surface area contributed by atoms with Crippen molar-refractivity contribution < 1.29 is 14.4 Å². The van der Waals surface area contributed by atoms with E-state index in [1.54, 1.807) is 25.1 Å². The standard InChI is InChI=1S/C20H15Cl4N5O3/c1-9-6-11(21)7-12(19(31)28-27-10(2)30)16(9)26-20(32)15-8-14(23)17(24)29(15)18-13(22)4-3-5-25-18/h3-8H,1-2H3,(H,26,32)(H,27,30)(H,28,31). The minimum atomic E-state index is -0.680. The monoisotopic (exact) mass is 513 g/mol. The quantitative estimate of drug-likeness (QED) is 0.433. The summed E-state index contributed by atoms with van der Waals surface area (Å²) in [5, 5.41) is 3.33. The summed E-state index contributed by atoms with van der Waals surface area (Å²) in [4.78, 5) is 41.1. The van der Waals surface area contributed by atoms with Crippen LogP contribution in [0, 0.1) is 6.92 Å². The zero-order valence-corrected chi connectivity index (χ0v) is 19.6. The van der Waals surface area contributed by atoms with Gasteiger partial charge < -0.3 is 5.32 Å². The maximum Gasteiger partial charge on any atom is 0.272 e. The molecule has 0 aliphatic heterocycles. The SMILES string of the molecule is CC(=O)NNC(=O)c1cc(Cl)cc(C)c1NC(=O)c1cc(Cl)c(Cl)n1-c1ncccc1Cl. The second-order valence-corrected chi connectivity index (χ2v) is 8.16. The molecule has 0 spiro atoms. The van der Waals surface area contributed by atoms with E-state index in [0.29, 0.717) is 5.56 Å². The Morgan fingerprint density at radius 1 is 0.969 bits per heavy atom. The van der Waals surface area contributed by atoms with Gasteiger partial charge in [0.25, 0.3) is 11.8 Å². The largest absolute Gasteiger partial charge is 0.320 e. The van der Waals surface area contributed by atoms with Gasteiger partial charge in [-0.3, -0.25) is 29.8 Å². The number of aromatic nitrogens is 2. The van der Waals surface area contributed by atoms with Gasteiger partial charge in [0.1, 0.15) is 10.8 Å². The number of aryl methyl sites for hydroxylation is 1. The summed E-state index contributed by atoms with van der Waals surface area (Å²) in [7, 11) is 0. The van der Waals surface area contributed by atoms with Crippen LogP contribution in [0.2, 0.25) is 20.2 Å². The van der Waals surface area contributed by atoms with Crippen LogP contribution in [0.4, 0.5) is 5.69 Å². The number of hydrazine groups is 1. The number of pyridine rings is 1. The lowest BCUT2D eigenvalue weighted by Crippen LogP contribution is -2.40. The molecule has 8 nitrogen and oxygen atoms in total. The maximum absolute atomic E-state index is 13.2. The van der Waals surface area contributed by atoms with Gasteiger partial charge in [0.05, 0.1) is 21.3 Å². The number of halogens is 4. The van der Waals surface area contributed by atoms with E-state index in [1.807, 2.05) is 0 Å². The Balaban J connectivity index is 2.04. The normalized spacial score (nSPS) is 10.6. The van der Waals surface area contributed by atoms with Crippen molar-refractivity contribution in [3.63, 3.8) is 0 Å². The van der Waals surface area contributed by atoms with E-state index in [4.69, 9.17) is 46.4 Å². The Morgan fingerprint density at radius 2 is 1.69 bits per heavy atom. The molecule has 166 valence electrons. The third-order valence-corrected chi connectivity index (χ3v) is 5.49. The minimum absolute atomic E-state index is 0.0307. The van der Waals surface area contributed by atoms with Gasteiger partial charge in [-0.25, -0.2) is 4.98 Å².